The maximum Gasteiger partial charge on any atom is 0.272 e. The number of likely N-dealkylation sites (tertiary alicyclic amines) is 1. The summed E-state index contributed by atoms with van der Waals surface area (Å²) in [7, 11) is 1.79. The molecule has 15 nitrogen and oxygen atoms in total. The second kappa shape index (κ2) is 20.6. The standard InChI is InChI=1S/C55H62ClF2N11O4/c1-34(70)67-21-17-49-46(33-67)53(68-20-3-4-36-24-44(38-30-60-65(2)32-38)45(52(57)58)26-50(36)68)64-69(49)31-35-5-10-40(11-6-35)66-22-18-55(19-23-66)27-43(28-55)73-51-16-15-48(62-63-51)54(71)61-39-8-13-41(14-9-39)72-42-12-7-37(29-59)47(56)25-42/h7,12,15-16,24-26,30-32,35,39-41,43,52H,3-6,8-11,13-14,17-23,27-28,33H2,1-2H3/p+1/b69-31-. The number of fused-ring (bicyclic) bond motifs is 1. The van der Waals surface area contributed by atoms with E-state index >= 15 is 0 Å². The van der Waals surface area contributed by atoms with Crippen LogP contribution in [0.15, 0.2) is 71.2 Å². The van der Waals surface area contributed by atoms with Gasteiger partial charge in [0, 0.05) is 85.3 Å². The molecular weight excluding hydrogens is 952 g/mol. The number of aromatic nitrogens is 4. The molecule has 4 aliphatic heterocycles. The van der Waals surface area contributed by atoms with Gasteiger partial charge < -0.3 is 29.5 Å². The highest BCUT2D eigenvalue weighted by Crippen LogP contribution is 2.51. The van der Waals surface area contributed by atoms with E-state index in [-0.39, 0.29) is 41.3 Å². The summed E-state index contributed by atoms with van der Waals surface area (Å²) in [4.78, 5) is 32.5. The molecule has 2 aromatic heterocycles. The first-order valence-electron chi connectivity index (χ1n) is 26.2. The molecule has 0 unspecified atom stereocenters. The van der Waals surface area contributed by atoms with Crippen molar-refractivity contribution in [3.8, 4) is 28.8 Å². The quantitative estimate of drug-likeness (QED) is 0.152. The molecule has 1 spiro atoms. The van der Waals surface area contributed by atoms with Crippen molar-refractivity contribution >= 4 is 41.2 Å². The van der Waals surface area contributed by atoms with Crippen LogP contribution in [0.3, 0.4) is 0 Å². The summed E-state index contributed by atoms with van der Waals surface area (Å²) in [5, 5.41) is 30.6. The lowest BCUT2D eigenvalue weighted by molar-refractivity contribution is -0.479. The lowest BCUT2D eigenvalue weighted by atomic mass is 9.61. The monoisotopic (exact) mass is 1010 g/mol. The van der Waals surface area contributed by atoms with Crippen molar-refractivity contribution in [1.29, 1.82) is 5.26 Å². The Balaban J connectivity index is 0.653. The number of halogens is 3. The van der Waals surface area contributed by atoms with Crippen LogP contribution in [0.1, 0.15) is 130 Å². The maximum absolute atomic E-state index is 14.8. The lowest BCUT2D eigenvalue weighted by Gasteiger charge is -2.53. The van der Waals surface area contributed by atoms with Gasteiger partial charge in [0.2, 0.25) is 23.3 Å². The number of anilines is 1. The van der Waals surface area contributed by atoms with E-state index < -0.39 is 6.43 Å². The topological polar surface area (TPSA) is 157 Å². The van der Waals surface area contributed by atoms with Gasteiger partial charge in [-0.2, -0.15) is 10.4 Å². The molecule has 73 heavy (non-hydrogen) atoms. The molecule has 11 rings (SSSR count). The minimum atomic E-state index is -2.66. The molecule has 0 radical (unpaired) electrons. The minimum absolute atomic E-state index is 0.0131. The Morgan fingerprint density at radius 2 is 1.74 bits per heavy atom. The second-order valence-corrected chi connectivity index (χ2v) is 21.8. The molecule has 1 saturated heterocycles. The van der Waals surface area contributed by atoms with Crippen molar-refractivity contribution in [2.75, 3.05) is 37.6 Å². The third kappa shape index (κ3) is 10.3. The molecule has 3 saturated carbocycles. The summed E-state index contributed by atoms with van der Waals surface area (Å²) in [6.45, 7) is 5.53. The van der Waals surface area contributed by atoms with Crippen LogP contribution in [0.4, 0.5) is 14.5 Å². The average molecular weight is 1020 g/mol. The highest BCUT2D eigenvalue weighted by atomic mass is 35.5. The first-order chi connectivity index (χ1) is 35.4. The number of carbonyl (C=O) groups is 2. The van der Waals surface area contributed by atoms with Crippen molar-refractivity contribution in [1.82, 2.24) is 35.1 Å². The molecule has 0 bridgehead atoms. The van der Waals surface area contributed by atoms with E-state index in [9.17, 15) is 18.4 Å². The number of nitrogens with one attached hydrogen (secondary N) is 1. The van der Waals surface area contributed by atoms with Gasteiger partial charge in [0.15, 0.2) is 11.9 Å². The van der Waals surface area contributed by atoms with Crippen LogP contribution in [-0.4, -0.2) is 115 Å². The van der Waals surface area contributed by atoms with Crippen LogP contribution in [0, 0.1) is 22.7 Å². The molecule has 2 amide bonds. The van der Waals surface area contributed by atoms with Crippen LogP contribution in [-0.2, 0) is 18.3 Å². The molecule has 0 atom stereocenters. The highest BCUT2D eigenvalue weighted by molar-refractivity contribution is 6.31. The lowest BCUT2D eigenvalue weighted by Crippen LogP contribution is -2.53. The third-order valence-electron chi connectivity index (χ3n) is 16.7. The second-order valence-electron chi connectivity index (χ2n) is 21.4. The number of amidine groups is 1. The molecule has 4 aromatic rings. The van der Waals surface area contributed by atoms with Gasteiger partial charge >= 0.3 is 0 Å². The van der Waals surface area contributed by atoms with E-state index in [0.29, 0.717) is 76.8 Å². The average Bonchev–Trinajstić information content (AvgIpc) is 3.99. The molecule has 6 heterocycles. The summed E-state index contributed by atoms with van der Waals surface area (Å²) in [6, 6.07) is 14.8. The Hall–Kier alpha value is -6.25. The van der Waals surface area contributed by atoms with Crippen molar-refractivity contribution in [3.05, 3.63) is 93.5 Å². The highest BCUT2D eigenvalue weighted by Gasteiger charge is 2.48. The normalized spacial score (nSPS) is 24.7. The van der Waals surface area contributed by atoms with Crippen LogP contribution in [0.25, 0.3) is 11.1 Å². The van der Waals surface area contributed by atoms with Gasteiger partial charge in [-0.25, -0.2) is 8.78 Å². The number of amides is 2. The molecular formula is C55H63ClF2N11O4+. The van der Waals surface area contributed by atoms with Crippen LogP contribution < -0.4 is 19.7 Å². The number of nitrogens with zero attached hydrogens (tertiary/aromatic N) is 10. The number of ether oxygens (including phenoxy) is 2. The molecule has 3 aliphatic carbocycles. The SMILES string of the molecule is CC(=O)N1CCC2=C(C1)C(N1CCCc3cc(-c4cnn(C)c4)c(C(F)F)cc31)=N/[N+]2=C\C1CCC(N2CCC3(CC2)CC(Oc2ccc(C(=O)NC4CCC(Oc5ccc(C#N)c(Cl)c5)CC4)nn2)C3)CC1. The van der Waals surface area contributed by atoms with Crippen LogP contribution >= 0.6 is 11.6 Å². The van der Waals surface area contributed by atoms with E-state index in [2.05, 4.69) is 47.4 Å². The van der Waals surface area contributed by atoms with Crippen LogP contribution in [0.5, 0.6) is 11.6 Å². The molecule has 4 fully saturated rings. The minimum Gasteiger partial charge on any atom is -0.490 e. The van der Waals surface area contributed by atoms with E-state index in [1.165, 1.54) is 0 Å². The fourth-order valence-electron chi connectivity index (χ4n) is 12.6. The summed E-state index contributed by atoms with van der Waals surface area (Å²) in [6.07, 6.45) is 17.4. The fourth-order valence-corrected chi connectivity index (χ4v) is 12.8. The van der Waals surface area contributed by atoms with E-state index in [0.717, 1.165) is 131 Å². The third-order valence-corrected chi connectivity index (χ3v) is 17.0. The van der Waals surface area contributed by atoms with E-state index in [1.54, 1.807) is 67.4 Å². The Morgan fingerprint density at radius 1 is 0.945 bits per heavy atom. The molecule has 7 aliphatic rings. The number of benzene rings is 2. The van der Waals surface area contributed by atoms with E-state index in [4.69, 9.17) is 31.4 Å². The molecule has 1 N–H and O–H groups in total. The largest absolute Gasteiger partial charge is 0.490 e. The van der Waals surface area contributed by atoms with Crippen LogP contribution in [0.2, 0.25) is 5.02 Å². The van der Waals surface area contributed by atoms with E-state index in [1.807, 2.05) is 11.0 Å². The van der Waals surface area contributed by atoms with Crippen molar-refractivity contribution in [3.63, 3.8) is 0 Å². The summed E-state index contributed by atoms with van der Waals surface area (Å²) in [5.41, 5.74) is 6.07. The maximum atomic E-state index is 14.8. The number of aryl methyl sites for hydroxylation is 2. The Labute approximate surface area is 429 Å². The molecule has 18 heteroatoms. The zero-order chi connectivity index (χ0) is 50.4. The number of carbonyl (C=O) groups excluding carboxylic acids is 2. The molecule has 382 valence electrons. The van der Waals surface area contributed by atoms with Gasteiger partial charge in [-0.05, 0) is 150 Å². The number of hydrogen-bond donors (Lipinski definition) is 1. The number of rotatable bonds is 10. The Bertz CT molecular complexity index is 2880. The van der Waals surface area contributed by atoms with Crippen molar-refractivity contribution in [2.45, 2.75) is 134 Å². The Morgan fingerprint density at radius 3 is 2.42 bits per heavy atom. The zero-order valence-corrected chi connectivity index (χ0v) is 42.4. The first-order valence-corrected chi connectivity index (χ1v) is 26.6. The van der Waals surface area contributed by atoms with Gasteiger partial charge in [-0.15, -0.1) is 10.2 Å². The van der Waals surface area contributed by atoms with Gasteiger partial charge in [0.05, 0.1) is 41.4 Å². The predicted octanol–water partition coefficient (Wildman–Crippen LogP) is 9.01. The Kier molecular flexibility index (Phi) is 13.8. The number of hydrazone groups is 1. The molecule has 2 aromatic carbocycles. The van der Waals surface area contributed by atoms with Gasteiger partial charge in [0.1, 0.15) is 17.9 Å². The van der Waals surface area contributed by atoms with Crippen molar-refractivity contribution < 1.29 is 32.5 Å². The summed E-state index contributed by atoms with van der Waals surface area (Å²) >= 11 is 6.17. The summed E-state index contributed by atoms with van der Waals surface area (Å²) < 4.78 is 45.6. The predicted molar refractivity (Wildman–Crippen MR) is 272 cm³/mol. The van der Waals surface area contributed by atoms with Gasteiger partial charge in [-0.3, -0.25) is 14.3 Å². The summed E-state index contributed by atoms with van der Waals surface area (Å²) in [5.74, 6) is 2.00. The smallest absolute Gasteiger partial charge is 0.272 e. The first kappa shape index (κ1) is 49.0. The van der Waals surface area contributed by atoms with Gasteiger partial charge in [-0.1, -0.05) is 16.3 Å². The number of piperidine rings is 1. The zero-order valence-electron chi connectivity index (χ0n) is 41.6. The number of hydrogen-bond acceptors (Lipinski definition) is 11. The fraction of sp³-hybridized carbons (Fsp3) is 0.527. The number of alkyl halides is 2. The van der Waals surface area contributed by atoms with Gasteiger partial charge in [0.25, 0.3) is 12.3 Å². The van der Waals surface area contributed by atoms with Crippen molar-refractivity contribution in [2.24, 2.45) is 23.5 Å². The number of nitriles is 1.